The van der Waals surface area contributed by atoms with Gasteiger partial charge in [-0.05, 0) is 66.3 Å². The molecule has 0 bridgehead atoms. The van der Waals surface area contributed by atoms with Crippen LogP contribution in [0.2, 0.25) is 0 Å². The minimum atomic E-state index is -4.73. The topological polar surface area (TPSA) is 75.6 Å². The Morgan fingerprint density at radius 1 is 1.10 bits per heavy atom. The quantitative estimate of drug-likeness (QED) is 0.674. The van der Waals surface area contributed by atoms with Gasteiger partial charge in [-0.1, -0.05) is 12.1 Å². The number of carbonyl (C=O) groups excluding carboxylic acids is 1. The van der Waals surface area contributed by atoms with E-state index in [1.165, 1.54) is 35.6 Å². The van der Waals surface area contributed by atoms with Gasteiger partial charge in [0.05, 0.1) is 4.88 Å². The molecule has 1 heterocycles. The number of carbonyl (C=O) groups is 2. The molecule has 1 saturated carbocycles. The summed E-state index contributed by atoms with van der Waals surface area (Å²) < 4.78 is 40.6. The number of thiophene rings is 1. The molecule has 0 unspecified atom stereocenters. The Bertz CT molecular complexity index is 855. The molecular weight excluding hydrogens is 407 g/mol. The van der Waals surface area contributed by atoms with Crippen molar-refractivity contribution in [3.63, 3.8) is 0 Å². The molecule has 0 saturated heterocycles. The van der Waals surface area contributed by atoms with E-state index in [-0.39, 0.29) is 30.0 Å². The van der Waals surface area contributed by atoms with Gasteiger partial charge in [-0.15, -0.1) is 24.5 Å². The number of carboxylic acids is 1. The van der Waals surface area contributed by atoms with Crippen LogP contribution in [0.15, 0.2) is 35.7 Å². The van der Waals surface area contributed by atoms with Crippen molar-refractivity contribution in [2.45, 2.75) is 44.5 Å². The average molecular weight is 427 g/mol. The predicted molar refractivity (Wildman–Crippen MR) is 102 cm³/mol. The number of rotatable bonds is 6. The highest BCUT2D eigenvalue weighted by Crippen LogP contribution is 2.30. The van der Waals surface area contributed by atoms with E-state index in [1.807, 2.05) is 0 Å². The van der Waals surface area contributed by atoms with Gasteiger partial charge in [0.25, 0.3) is 5.91 Å². The fraction of sp³-hybridized carbons (Fsp3) is 0.400. The van der Waals surface area contributed by atoms with Crippen LogP contribution in [0.5, 0.6) is 5.75 Å². The van der Waals surface area contributed by atoms with E-state index in [4.69, 9.17) is 5.11 Å². The van der Waals surface area contributed by atoms with Crippen LogP contribution in [0.1, 0.15) is 41.8 Å². The molecule has 29 heavy (non-hydrogen) atoms. The summed E-state index contributed by atoms with van der Waals surface area (Å²) >= 11 is 1.26. The molecule has 5 nitrogen and oxygen atoms in total. The van der Waals surface area contributed by atoms with E-state index in [2.05, 4.69) is 10.1 Å². The molecular formula is C20H20F3NO4S. The lowest BCUT2D eigenvalue weighted by Crippen LogP contribution is -2.37. The van der Waals surface area contributed by atoms with Crippen molar-refractivity contribution >= 4 is 23.2 Å². The molecule has 2 aromatic rings. The van der Waals surface area contributed by atoms with E-state index in [0.717, 1.165) is 31.2 Å². The molecule has 0 aliphatic heterocycles. The maximum atomic E-state index is 12.5. The maximum absolute atomic E-state index is 12.5. The van der Waals surface area contributed by atoms with Crippen LogP contribution in [-0.2, 0) is 4.79 Å². The van der Waals surface area contributed by atoms with E-state index >= 15 is 0 Å². The van der Waals surface area contributed by atoms with E-state index in [1.54, 1.807) is 11.4 Å². The smallest absolute Gasteiger partial charge is 0.481 e. The van der Waals surface area contributed by atoms with Crippen molar-refractivity contribution in [2.24, 2.45) is 5.92 Å². The van der Waals surface area contributed by atoms with Gasteiger partial charge in [-0.2, -0.15) is 0 Å². The van der Waals surface area contributed by atoms with Crippen LogP contribution < -0.4 is 10.1 Å². The minimum Gasteiger partial charge on any atom is -0.481 e. The van der Waals surface area contributed by atoms with Crippen molar-refractivity contribution in [3.8, 4) is 16.9 Å². The van der Waals surface area contributed by atoms with E-state index < -0.39 is 12.3 Å². The molecule has 1 aliphatic rings. The second-order valence-corrected chi connectivity index (χ2v) is 7.97. The van der Waals surface area contributed by atoms with Crippen molar-refractivity contribution in [1.82, 2.24) is 5.32 Å². The molecule has 1 aliphatic carbocycles. The SMILES string of the molecule is O=C(O)C[C@H]1CC[C@H](NC(=O)c2cc(-c3ccc(OC(F)(F)F)cc3)cs2)CC1. The molecule has 0 spiro atoms. The van der Waals surface area contributed by atoms with Gasteiger partial charge in [0.2, 0.25) is 0 Å². The van der Waals surface area contributed by atoms with Crippen LogP contribution in [0.25, 0.3) is 11.1 Å². The molecule has 1 aromatic carbocycles. The van der Waals surface area contributed by atoms with Crippen molar-refractivity contribution < 1.29 is 32.6 Å². The zero-order valence-corrected chi connectivity index (χ0v) is 16.2. The third-order valence-corrected chi connectivity index (χ3v) is 5.82. The Labute approximate surface area is 169 Å². The van der Waals surface area contributed by atoms with Gasteiger partial charge in [-0.25, -0.2) is 0 Å². The lowest BCUT2D eigenvalue weighted by molar-refractivity contribution is -0.274. The van der Waals surface area contributed by atoms with Gasteiger partial charge >= 0.3 is 12.3 Å². The van der Waals surface area contributed by atoms with Crippen molar-refractivity contribution in [2.75, 3.05) is 0 Å². The summed E-state index contributed by atoms with van der Waals surface area (Å²) in [5.74, 6) is -1.12. The number of hydrogen-bond donors (Lipinski definition) is 2. The summed E-state index contributed by atoms with van der Waals surface area (Å²) in [5, 5.41) is 13.6. The monoisotopic (exact) mass is 427 g/mol. The van der Waals surface area contributed by atoms with Crippen LogP contribution in [0.3, 0.4) is 0 Å². The largest absolute Gasteiger partial charge is 0.573 e. The third kappa shape index (κ3) is 6.22. The van der Waals surface area contributed by atoms with Gasteiger partial charge in [0, 0.05) is 12.5 Å². The number of carboxylic acid groups (broad SMARTS) is 1. The Hall–Kier alpha value is -2.55. The molecule has 2 N–H and O–H groups in total. The molecule has 0 atom stereocenters. The molecule has 3 rings (SSSR count). The summed E-state index contributed by atoms with van der Waals surface area (Å²) in [6, 6.07) is 7.21. The van der Waals surface area contributed by atoms with Crippen molar-refractivity contribution in [1.29, 1.82) is 0 Å². The van der Waals surface area contributed by atoms with Crippen LogP contribution in [-0.4, -0.2) is 29.4 Å². The van der Waals surface area contributed by atoms with Crippen LogP contribution in [0.4, 0.5) is 13.2 Å². The standard InChI is InChI=1S/C20H20F3NO4S/c21-20(22,23)28-16-7-3-13(4-8-16)14-10-17(29-11-14)19(27)24-15-5-1-12(2-6-15)9-18(25)26/h3-4,7-8,10-12,15H,1-2,5-6,9H2,(H,24,27)(H,25,26)/t12-,15-. The molecule has 1 aromatic heterocycles. The fourth-order valence-electron chi connectivity index (χ4n) is 3.47. The number of amides is 1. The second kappa shape index (κ2) is 8.86. The molecule has 9 heteroatoms. The Morgan fingerprint density at radius 3 is 2.34 bits per heavy atom. The third-order valence-electron chi connectivity index (χ3n) is 4.89. The number of hydrogen-bond acceptors (Lipinski definition) is 4. The molecule has 0 radical (unpaired) electrons. The summed E-state index contributed by atoms with van der Waals surface area (Å²) in [6.45, 7) is 0. The summed E-state index contributed by atoms with van der Waals surface area (Å²) in [4.78, 5) is 23.8. The number of benzene rings is 1. The Morgan fingerprint density at radius 2 is 1.76 bits per heavy atom. The highest BCUT2D eigenvalue weighted by atomic mass is 32.1. The summed E-state index contributed by atoms with van der Waals surface area (Å²) in [6.07, 6.45) is -1.51. The average Bonchev–Trinajstić information content (AvgIpc) is 3.12. The number of ether oxygens (including phenoxy) is 1. The second-order valence-electron chi connectivity index (χ2n) is 7.06. The van der Waals surface area contributed by atoms with Gasteiger partial charge < -0.3 is 15.2 Å². The zero-order chi connectivity index (χ0) is 21.0. The highest BCUT2D eigenvalue weighted by molar-refractivity contribution is 7.12. The molecule has 156 valence electrons. The van der Waals surface area contributed by atoms with Crippen LogP contribution in [0, 0.1) is 5.92 Å². The predicted octanol–water partition coefficient (Wildman–Crippen LogP) is 5.08. The minimum absolute atomic E-state index is 0.0249. The van der Waals surface area contributed by atoms with E-state index in [9.17, 15) is 22.8 Å². The maximum Gasteiger partial charge on any atom is 0.573 e. The number of aliphatic carboxylic acids is 1. The Balaban J connectivity index is 1.56. The summed E-state index contributed by atoms with van der Waals surface area (Å²) in [7, 11) is 0. The van der Waals surface area contributed by atoms with Gasteiger partial charge in [0.1, 0.15) is 5.75 Å². The number of alkyl halides is 3. The summed E-state index contributed by atoms with van der Waals surface area (Å²) in [5.41, 5.74) is 1.42. The zero-order valence-electron chi connectivity index (χ0n) is 15.4. The van der Waals surface area contributed by atoms with Crippen molar-refractivity contribution in [3.05, 3.63) is 40.6 Å². The van der Waals surface area contributed by atoms with E-state index in [0.29, 0.717) is 10.4 Å². The Kier molecular flexibility index (Phi) is 6.46. The lowest BCUT2D eigenvalue weighted by Gasteiger charge is -2.28. The van der Waals surface area contributed by atoms with Gasteiger partial charge in [0.15, 0.2) is 0 Å². The van der Waals surface area contributed by atoms with Gasteiger partial charge in [-0.3, -0.25) is 9.59 Å². The fourth-order valence-corrected chi connectivity index (χ4v) is 4.29. The first-order chi connectivity index (χ1) is 13.7. The normalized spacial score (nSPS) is 19.6. The highest BCUT2D eigenvalue weighted by Gasteiger charge is 2.31. The number of nitrogens with one attached hydrogen (secondary N) is 1. The number of halogens is 3. The first-order valence-electron chi connectivity index (χ1n) is 9.17. The lowest BCUT2D eigenvalue weighted by atomic mass is 9.84. The molecule has 1 amide bonds. The first-order valence-corrected chi connectivity index (χ1v) is 10.0. The molecule has 1 fully saturated rings. The van der Waals surface area contributed by atoms with Crippen LogP contribution >= 0.6 is 11.3 Å². The first kappa shape index (κ1) is 21.2.